The number of para-hydroxylation sites is 1. The summed E-state index contributed by atoms with van der Waals surface area (Å²) >= 11 is 1.33. The fourth-order valence-corrected chi connectivity index (χ4v) is 5.96. The molecule has 3 unspecified atom stereocenters. The zero-order valence-electron chi connectivity index (χ0n) is 20.3. The molecule has 2 aliphatic carbocycles. The Kier molecular flexibility index (Phi) is 10.0. The smallest absolute Gasteiger partial charge is 0.308 e. The molecule has 1 saturated carbocycles. The van der Waals surface area contributed by atoms with Gasteiger partial charge in [-0.2, -0.15) is 0 Å². The molecular formula is C27H38O6S. The minimum atomic E-state index is -1.33. The monoisotopic (exact) mass is 490 g/mol. The number of ether oxygens (including phenoxy) is 2. The third-order valence-corrected chi connectivity index (χ3v) is 8.04. The molecule has 0 bridgehead atoms. The van der Waals surface area contributed by atoms with E-state index in [1.165, 1.54) is 18.9 Å². The maximum absolute atomic E-state index is 13.0. The number of allylic oxidation sites excluding steroid dienone is 1. The number of esters is 1. The molecule has 2 aliphatic rings. The fourth-order valence-electron chi connectivity index (χ4n) is 5.31. The second kappa shape index (κ2) is 12.8. The molecule has 188 valence electrons. The first-order valence-corrected chi connectivity index (χ1v) is 13.6. The lowest BCUT2D eigenvalue weighted by Gasteiger charge is -2.33. The standard InChI is InChI=1S/C27H38O6S/c1-32-26(30)20-13-10-19(11-14-20)12-15-22(28)24-25(29)23(34-2)18-27(24,31)16-6-7-17-33-21-8-4-3-5-9-21/h3-5,8-9,18-20,22,24,28,31H,6-7,10-17H2,1-2H3. The summed E-state index contributed by atoms with van der Waals surface area (Å²) in [5.74, 6) is 0.102. The van der Waals surface area contributed by atoms with Crippen LogP contribution in [0.4, 0.5) is 0 Å². The molecule has 2 N–H and O–H groups in total. The first-order valence-electron chi connectivity index (χ1n) is 12.3. The van der Waals surface area contributed by atoms with Crippen LogP contribution in [0.15, 0.2) is 41.3 Å². The Labute approximate surface area is 207 Å². The molecule has 0 aromatic heterocycles. The predicted octanol–water partition coefficient (Wildman–Crippen LogP) is 4.53. The van der Waals surface area contributed by atoms with Crippen molar-refractivity contribution in [1.82, 2.24) is 0 Å². The molecule has 7 heteroatoms. The summed E-state index contributed by atoms with van der Waals surface area (Å²) in [7, 11) is 1.43. The second-order valence-corrected chi connectivity index (χ2v) is 10.4. The Balaban J connectivity index is 1.49. The molecule has 34 heavy (non-hydrogen) atoms. The minimum Gasteiger partial charge on any atom is -0.494 e. The number of thioether (sulfide) groups is 1. The number of hydrogen-bond donors (Lipinski definition) is 2. The summed E-state index contributed by atoms with van der Waals surface area (Å²) in [5, 5.41) is 22.4. The van der Waals surface area contributed by atoms with Crippen molar-refractivity contribution in [2.75, 3.05) is 20.0 Å². The van der Waals surface area contributed by atoms with Gasteiger partial charge in [-0.15, -0.1) is 11.8 Å². The van der Waals surface area contributed by atoms with Gasteiger partial charge in [0.1, 0.15) is 5.75 Å². The van der Waals surface area contributed by atoms with E-state index in [0.29, 0.717) is 36.7 Å². The molecule has 1 aromatic rings. The quantitative estimate of drug-likeness (QED) is 0.328. The number of aliphatic hydroxyl groups is 2. The topological polar surface area (TPSA) is 93.1 Å². The number of rotatable bonds is 12. The van der Waals surface area contributed by atoms with Gasteiger partial charge in [0, 0.05) is 4.91 Å². The SMILES string of the molecule is COC(=O)C1CCC(CCC(O)C2C(=O)C(SC)=CC2(O)CCCCOc2ccccc2)CC1. The zero-order chi connectivity index (χ0) is 24.6. The first kappa shape index (κ1) is 26.8. The molecule has 1 fully saturated rings. The van der Waals surface area contributed by atoms with Crippen molar-refractivity contribution in [3.8, 4) is 5.75 Å². The van der Waals surface area contributed by atoms with Crippen LogP contribution < -0.4 is 4.74 Å². The molecule has 0 amide bonds. The van der Waals surface area contributed by atoms with Crippen molar-refractivity contribution in [1.29, 1.82) is 0 Å². The normalized spacial score (nSPS) is 27.8. The van der Waals surface area contributed by atoms with Crippen LogP contribution in [0.5, 0.6) is 5.75 Å². The van der Waals surface area contributed by atoms with E-state index in [-0.39, 0.29) is 17.7 Å². The third kappa shape index (κ3) is 6.86. The van der Waals surface area contributed by atoms with Crippen LogP contribution in [0.1, 0.15) is 57.8 Å². The molecule has 0 radical (unpaired) electrons. The molecule has 0 heterocycles. The molecule has 0 aliphatic heterocycles. The highest BCUT2D eigenvalue weighted by molar-refractivity contribution is 8.03. The fraction of sp³-hybridized carbons (Fsp3) is 0.630. The van der Waals surface area contributed by atoms with Crippen LogP contribution in [0, 0.1) is 17.8 Å². The lowest BCUT2D eigenvalue weighted by Crippen LogP contribution is -2.44. The van der Waals surface area contributed by atoms with Gasteiger partial charge < -0.3 is 19.7 Å². The summed E-state index contributed by atoms with van der Waals surface area (Å²) in [6.07, 6.45) is 9.16. The Hall–Kier alpha value is -1.83. The predicted molar refractivity (Wildman–Crippen MR) is 134 cm³/mol. The highest BCUT2D eigenvalue weighted by Crippen LogP contribution is 2.42. The van der Waals surface area contributed by atoms with E-state index in [0.717, 1.165) is 44.3 Å². The number of benzene rings is 1. The van der Waals surface area contributed by atoms with Crippen LogP contribution in [-0.4, -0.2) is 53.6 Å². The third-order valence-electron chi connectivity index (χ3n) is 7.29. The van der Waals surface area contributed by atoms with Gasteiger partial charge in [-0.25, -0.2) is 0 Å². The maximum Gasteiger partial charge on any atom is 0.308 e. The van der Waals surface area contributed by atoms with Gasteiger partial charge in [0.15, 0.2) is 5.78 Å². The number of Topliss-reactive ketones (excluding diaryl/α,β-unsaturated/α-hetero) is 1. The van der Waals surface area contributed by atoms with Gasteiger partial charge in [-0.05, 0) is 88.2 Å². The number of carbonyl (C=O) groups excluding carboxylic acids is 2. The second-order valence-electron chi connectivity index (χ2n) is 9.55. The van der Waals surface area contributed by atoms with E-state index in [2.05, 4.69) is 0 Å². The van der Waals surface area contributed by atoms with Crippen LogP contribution in [0.2, 0.25) is 0 Å². The van der Waals surface area contributed by atoms with E-state index in [9.17, 15) is 19.8 Å². The lowest BCUT2D eigenvalue weighted by molar-refractivity contribution is -0.147. The van der Waals surface area contributed by atoms with Crippen LogP contribution in [0.25, 0.3) is 0 Å². The van der Waals surface area contributed by atoms with Crippen molar-refractivity contribution < 1.29 is 29.3 Å². The van der Waals surface area contributed by atoms with Gasteiger partial charge in [0.25, 0.3) is 0 Å². The summed E-state index contributed by atoms with van der Waals surface area (Å²) < 4.78 is 10.6. The van der Waals surface area contributed by atoms with Gasteiger partial charge in [-0.3, -0.25) is 9.59 Å². The highest BCUT2D eigenvalue weighted by Gasteiger charge is 2.49. The average molecular weight is 491 g/mol. The number of aliphatic hydroxyl groups excluding tert-OH is 1. The van der Waals surface area contributed by atoms with Crippen molar-refractivity contribution in [2.24, 2.45) is 17.8 Å². The molecule has 0 spiro atoms. The van der Waals surface area contributed by atoms with Crippen LogP contribution >= 0.6 is 11.8 Å². The van der Waals surface area contributed by atoms with Crippen molar-refractivity contribution in [3.63, 3.8) is 0 Å². The summed E-state index contributed by atoms with van der Waals surface area (Å²) in [6, 6.07) is 9.60. The summed E-state index contributed by atoms with van der Waals surface area (Å²) in [5.41, 5.74) is -1.33. The minimum absolute atomic E-state index is 0.0214. The van der Waals surface area contributed by atoms with Crippen LogP contribution in [0.3, 0.4) is 0 Å². The molecule has 1 aromatic carbocycles. The van der Waals surface area contributed by atoms with E-state index in [4.69, 9.17) is 9.47 Å². The highest BCUT2D eigenvalue weighted by atomic mass is 32.2. The lowest BCUT2D eigenvalue weighted by atomic mass is 9.76. The largest absolute Gasteiger partial charge is 0.494 e. The molecule has 6 nitrogen and oxygen atoms in total. The van der Waals surface area contributed by atoms with Crippen molar-refractivity contribution >= 4 is 23.5 Å². The summed E-state index contributed by atoms with van der Waals surface area (Å²) in [4.78, 5) is 25.3. The van der Waals surface area contributed by atoms with E-state index >= 15 is 0 Å². The molecular weight excluding hydrogens is 452 g/mol. The Morgan fingerprint density at radius 3 is 2.53 bits per heavy atom. The van der Waals surface area contributed by atoms with Gasteiger partial charge >= 0.3 is 5.97 Å². The van der Waals surface area contributed by atoms with Gasteiger partial charge in [0.2, 0.25) is 0 Å². The van der Waals surface area contributed by atoms with E-state index in [1.807, 2.05) is 36.6 Å². The zero-order valence-corrected chi connectivity index (χ0v) is 21.1. The number of hydrogen-bond acceptors (Lipinski definition) is 7. The van der Waals surface area contributed by atoms with E-state index < -0.39 is 17.6 Å². The first-order chi connectivity index (χ1) is 16.4. The van der Waals surface area contributed by atoms with Crippen LogP contribution in [-0.2, 0) is 14.3 Å². The Morgan fingerprint density at radius 2 is 1.88 bits per heavy atom. The van der Waals surface area contributed by atoms with E-state index in [1.54, 1.807) is 6.08 Å². The Bertz CT molecular complexity index is 833. The number of methoxy groups -OCH3 is 1. The average Bonchev–Trinajstić information content (AvgIpc) is 3.12. The molecule has 0 saturated heterocycles. The molecule has 3 rings (SSSR count). The number of carbonyl (C=O) groups is 2. The van der Waals surface area contributed by atoms with Crippen molar-refractivity contribution in [2.45, 2.75) is 69.5 Å². The number of ketones is 1. The Morgan fingerprint density at radius 1 is 1.18 bits per heavy atom. The maximum atomic E-state index is 13.0. The summed E-state index contributed by atoms with van der Waals surface area (Å²) in [6.45, 7) is 0.536. The van der Waals surface area contributed by atoms with Gasteiger partial charge in [0.05, 0.1) is 37.3 Å². The number of unbranched alkanes of at least 4 members (excludes halogenated alkanes) is 1. The van der Waals surface area contributed by atoms with Crippen molar-refractivity contribution in [3.05, 3.63) is 41.3 Å². The molecule has 3 atom stereocenters. The van der Waals surface area contributed by atoms with Gasteiger partial charge in [-0.1, -0.05) is 18.2 Å².